The molecule has 3 atom stereocenters. The van der Waals surface area contributed by atoms with Gasteiger partial charge in [-0.05, 0) is 89.4 Å². The molecular weight excluding hydrogens is 443 g/mol. The van der Waals surface area contributed by atoms with Crippen molar-refractivity contribution in [1.82, 2.24) is 0 Å². The van der Waals surface area contributed by atoms with E-state index >= 15 is 0 Å². The van der Waals surface area contributed by atoms with E-state index in [9.17, 15) is 9.59 Å². The summed E-state index contributed by atoms with van der Waals surface area (Å²) in [6.45, 7) is 28.2. The van der Waals surface area contributed by atoms with Gasteiger partial charge >= 0.3 is 0 Å². The minimum Gasteiger partial charge on any atom is -0.366 e. The summed E-state index contributed by atoms with van der Waals surface area (Å²) in [5.74, 6) is 0.851. The van der Waals surface area contributed by atoms with Crippen molar-refractivity contribution in [2.24, 2.45) is 45.4 Å². The van der Waals surface area contributed by atoms with Crippen LogP contribution in [0.5, 0.6) is 0 Å². The maximum atomic E-state index is 13.8. The lowest BCUT2D eigenvalue weighted by atomic mass is 9.60. The zero-order chi connectivity index (χ0) is 28.7. The van der Waals surface area contributed by atoms with Crippen molar-refractivity contribution in [2.75, 3.05) is 0 Å². The second-order valence-electron chi connectivity index (χ2n) is 13.8. The topological polar surface area (TPSA) is 86.2 Å². The lowest BCUT2D eigenvalue weighted by Crippen LogP contribution is -2.44. The SMILES string of the molecule is CC/C(=C(\C)C(C)(C)CC(C)CC(C(=O)C(CC)CC)C(C)(C)CC(C)(C)N)C(C)(CC)C(=O)BN. The summed E-state index contributed by atoms with van der Waals surface area (Å²) in [5.41, 5.74) is 13.8. The Labute approximate surface area is 225 Å². The van der Waals surface area contributed by atoms with Crippen LogP contribution in [0, 0.1) is 34.0 Å². The molecule has 5 heteroatoms. The third kappa shape index (κ3) is 9.12. The van der Waals surface area contributed by atoms with Gasteiger partial charge in [0.15, 0.2) is 0 Å². The number of rotatable bonds is 17. The number of ketones is 1. The molecule has 0 aromatic rings. The van der Waals surface area contributed by atoms with Crippen LogP contribution in [-0.4, -0.2) is 24.4 Å². The fourth-order valence-corrected chi connectivity index (χ4v) is 6.89. The molecule has 0 spiro atoms. The first-order valence-electron chi connectivity index (χ1n) is 14.5. The number of hydrogen-bond acceptors (Lipinski definition) is 4. The Hall–Kier alpha value is -0.935. The van der Waals surface area contributed by atoms with Crippen molar-refractivity contribution in [1.29, 1.82) is 0 Å². The van der Waals surface area contributed by atoms with E-state index in [0.717, 1.165) is 44.9 Å². The molecule has 0 amide bonds. The van der Waals surface area contributed by atoms with Crippen LogP contribution >= 0.6 is 0 Å². The summed E-state index contributed by atoms with van der Waals surface area (Å²) in [7, 11) is 0.0738. The smallest absolute Gasteiger partial charge is 0.281 e. The standard InChI is InChI=1S/C31H61BN2O2/c1-14-23(15-2)26(35)25(29(9,10)20-30(11,12)33)18-21(5)19-28(7,8)22(6)24(16-3)31(13,17-4)27(36)32-34/h21,23,25,32H,14-20,33-34H2,1-13H3/b24-22-. The molecule has 0 aromatic carbocycles. The molecule has 4 nitrogen and oxygen atoms in total. The fraction of sp³-hybridized carbons (Fsp3) is 0.871. The van der Waals surface area contributed by atoms with E-state index in [4.69, 9.17) is 11.4 Å². The molecule has 36 heavy (non-hydrogen) atoms. The number of allylic oxidation sites excluding steroid dienone is 2. The van der Waals surface area contributed by atoms with Gasteiger partial charge in [0.1, 0.15) is 11.5 Å². The Morgan fingerprint density at radius 3 is 1.78 bits per heavy atom. The molecule has 0 aliphatic heterocycles. The zero-order valence-electron chi connectivity index (χ0n) is 26.4. The van der Waals surface area contributed by atoms with Gasteiger partial charge in [-0.3, -0.25) is 4.79 Å². The van der Waals surface area contributed by atoms with Gasteiger partial charge in [-0.15, -0.1) is 0 Å². The Balaban J connectivity index is 6.24. The van der Waals surface area contributed by atoms with E-state index in [0.29, 0.717) is 11.7 Å². The van der Waals surface area contributed by atoms with Gasteiger partial charge in [0.25, 0.3) is 7.41 Å². The Morgan fingerprint density at radius 1 is 0.917 bits per heavy atom. The van der Waals surface area contributed by atoms with E-state index in [2.05, 4.69) is 90.0 Å². The molecule has 0 heterocycles. The van der Waals surface area contributed by atoms with Crippen molar-refractivity contribution in [2.45, 2.75) is 140 Å². The van der Waals surface area contributed by atoms with E-state index < -0.39 is 5.41 Å². The van der Waals surface area contributed by atoms with Crippen LogP contribution in [0.4, 0.5) is 0 Å². The van der Waals surface area contributed by atoms with E-state index in [1.54, 1.807) is 0 Å². The van der Waals surface area contributed by atoms with Gasteiger partial charge in [-0.1, -0.05) is 73.5 Å². The highest BCUT2D eigenvalue weighted by Crippen LogP contribution is 2.46. The molecule has 0 aliphatic carbocycles. The quantitative estimate of drug-likeness (QED) is 0.162. The van der Waals surface area contributed by atoms with Crippen molar-refractivity contribution in [3.05, 3.63) is 11.1 Å². The molecule has 0 aliphatic rings. The van der Waals surface area contributed by atoms with Gasteiger partial charge in [-0.25, -0.2) is 0 Å². The maximum Gasteiger partial charge on any atom is 0.281 e. The third-order valence-electron chi connectivity index (χ3n) is 9.08. The predicted octanol–water partition coefficient (Wildman–Crippen LogP) is 7.18. The molecule has 0 aromatic heterocycles. The van der Waals surface area contributed by atoms with Crippen molar-refractivity contribution >= 4 is 18.9 Å². The van der Waals surface area contributed by atoms with Gasteiger partial charge in [-0.2, -0.15) is 0 Å². The fourth-order valence-electron chi connectivity index (χ4n) is 6.89. The molecule has 4 N–H and O–H groups in total. The monoisotopic (exact) mass is 504 g/mol. The molecular formula is C31H61BN2O2. The van der Waals surface area contributed by atoms with Gasteiger partial charge in [0, 0.05) is 22.8 Å². The van der Waals surface area contributed by atoms with Crippen molar-refractivity contribution in [3.8, 4) is 0 Å². The van der Waals surface area contributed by atoms with Crippen LogP contribution < -0.4 is 11.4 Å². The second-order valence-corrected chi connectivity index (χ2v) is 13.8. The number of carbonyl (C=O) groups excluding carboxylic acids is 2. The summed E-state index contributed by atoms with van der Waals surface area (Å²) < 4.78 is 0. The third-order valence-corrected chi connectivity index (χ3v) is 9.08. The zero-order valence-corrected chi connectivity index (χ0v) is 26.4. The van der Waals surface area contributed by atoms with Gasteiger partial charge < -0.3 is 16.2 Å². The summed E-state index contributed by atoms with van der Waals surface area (Å²) in [5, 5.41) is 0. The lowest BCUT2D eigenvalue weighted by Gasteiger charge is -2.42. The van der Waals surface area contributed by atoms with Gasteiger partial charge in [0.05, 0.1) is 0 Å². The van der Waals surface area contributed by atoms with E-state index in [-0.39, 0.29) is 41.3 Å². The van der Waals surface area contributed by atoms with Gasteiger partial charge in [0.2, 0.25) is 0 Å². The molecule has 210 valence electrons. The first kappa shape index (κ1) is 35.1. The Morgan fingerprint density at radius 2 is 1.42 bits per heavy atom. The molecule has 0 saturated carbocycles. The largest absolute Gasteiger partial charge is 0.366 e. The Bertz CT molecular complexity index is 759. The van der Waals surface area contributed by atoms with Crippen molar-refractivity contribution < 1.29 is 9.59 Å². The van der Waals surface area contributed by atoms with Crippen LogP contribution in [0.1, 0.15) is 135 Å². The predicted molar refractivity (Wildman–Crippen MR) is 159 cm³/mol. The average Bonchev–Trinajstić information content (AvgIpc) is 2.75. The Kier molecular flexibility index (Phi) is 13.4. The van der Waals surface area contributed by atoms with E-state index in [1.807, 2.05) is 0 Å². The summed E-state index contributed by atoms with van der Waals surface area (Å²) in [4.78, 5) is 26.7. The molecule has 3 unspecified atom stereocenters. The first-order valence-corrected chi connectivity index (χ1v) is 14.5. The average molecular weight is 505 g/mol. The first-order chi connectivity index (χ1) is 16.3. The summed E-state index contributed by atoms with van der Waals surface area (Å²) in [6, 6.07) is 0. The van der Waals surface area contributed by atoms with Crippen LogP contribution in [0.25, 0.3) is 0 Å². The maximum absolute atomic E-state index is 13.8. The normalized spacial score (nSPS) is 17.3. The highest BCUT2D eigenvalue weighted by atomic mass is 16.1. The number of Topliss-reactive ketones (excluding diaryl/α,β-unsaturated/α-hetero) is 1. The minimum atomic E-state index is -0.517. The van der Waals surface area contributed by atoms with Crippen LogP contribution in [-0.2, 0) is 9.59 Å². The highest BCUT2D eigenvalue weighted by molar-refractivity contribution is 6.72. The summed E-state index contributed by atoms with van der Waals surface area (Å²) in [6.07, 6.45) is 6.01. The van der Waals surface area contributed by atoms with Crippen LogP contribution in [0.3, 0.4) is 0 Å². The molecule has 0 rings (SSSR count). The number of hydrogen-bond donors (Lipinski definition) is 2. The summed E-state index contributed by atoms with van der Waals surface area (Å²) >= 11 is 0. The minimum absolute atomic E-state index is 0.0225. The van der Waals surface area contributed by atoms with E-state index in [1.165, 1.54) is 11.1 Å². The molecule has 0 radical (unpaired) electrons. The van der Waals surface area contributed by atoms with Crippen LogP contribution in [0.2, 0.25) is 0 Å². The number of carbonyl (C=O) groups is 2. The molecule has 0 bridgehead atoms. The molecule has 0 saturated heterocycles. The van der Waals surface area contributed by atoms with Crippen LogP contribution in [0.15, 0.2) is 11.1 Å². The highest BCUT2D eigenvalue weighted by Gasteiger charge is 2.42. The van der Waals surface area contributed by atoms with Crippen molar-refractivity contribution in [3.63, 3.8) is 0 Å². The lowest BCUT2D eigenvalue weighted by molar-refractivity contribution is -0.132. The number of nitrogens with two attached hydrogens (primary N) is 2. The second kappa shape index (κ2) is 13.7. The molecule has 0 fully saturated rings.